The molecular weight excluding hydrogens is 269 g/mol. The van der Waals surface area contributed by atoms with Crippen molar-refractivity contribution < 1.29 is 28.2 Å². The first-order valence-corrected chi connectivity index (χ1v) is 6.33. The van der Waals surface area contributed by atoms with Crippen LogP contribution in [0.3, 0.4) is 0 Å². The molecule has 1 aliphatic rings. The van der Waals surface area contributed by atoms with Gasteiger partial charge in [0, 0.05) is 12.8 Å². The molecule has 0 spiro atoms. The third-order valence-electron chi connectivity index (χ3n) is 3.06. The van der Waals surface area contributed by atoms with Gasteiger partial charge < -0.3 is 14.3 Å². The Morgan fingerprint density at radius 2 is 2.05 bits per heavy atom. The first-order valence-electron chi connectivity index (χ1n) is 6.33. The molecular formula is C13H20FNO5. The molecule has 7 heteroatoms. The van der Waals surface area contributed by atoms with Crippen molar-refractivity contribution in [2.45, 2.75) is 50.9 Å². The van der Waals surface area contributed by atoms with Crippen molar-refractivity contribution >= 4 is 18.3 Å². The molecule has 0 aromatic rings. The van der Waals surface area contributed by atoms with E-state index in [-0.39, 0.29) is 19.4 Å². The van der Waals surface area contributed by atoms with Gasteiger partial charge in [-0.1, -0.05) is 0 Å². The highest BCUT2D eigenvalue weighted by atomic mass is 19.1. The first-order chi connectivity index (χ1) is 9.16. The van der Waals surface area contributed by atoms with Crippen LogP contribution in [0.1, 0.15) is 33.6 Å². The zero-order valence-corrected chi connectivity index (χ0v) is 12.1. The molecule has 114 valence electrons. The third-order valence-corrected chi connectivity index (χ3v) is 3.06. The fraction of sp³-hybridized carbons (Fsp3) is 0.769. The molecule has 0 aliphatic carbocycles. The molecule has 1 fully saturated rings. The van der Waals surface area contributed by atoms with Gasteiger partial charge in [0.1, 0.15) is 18.1 Å². The SMILES string of the molecule is COC(=O)C1(CC=O)C[C@H](F)CN1C(=O)OC(C)(C)C. The summed E-state index contributed by atoms with van der Waals surface area (Å²) in [7, 11) is 1.13. The minimum absolute atomic E-state index is 0.266. The molecule has 1 heterocycles. The van der Waals surface area contributed by atoms with Gasteiger partial charge in [0.05, 0.1) is 13.7 Å². The summed E-state index contributed by atoms with van der Waals surface area (Å²) in [5.41, 5.74) is -2.40. The maximum atomic E-state index is 13.7. The van der Waals surface area contributed by atoms with Crippen LogP contribution in [0.2, 0.25) is 0 Å². The molecule has 2 atom stereocenters. The summed E-state index contributed by atoms with van der Waals surface area (Å²) in [5, 5.41) is 0. The van der Waals surface area contributed by atoms with Crippen LogP contribution in [0.5, 0.6) is 0 Å². The molecule has 1 aliphatic heterocycles. The normalized spacial score (nSPS) is 26.2. The maximum Gasteiger partial charge on any atom is 0.411 e. The first kappa shape index (κ1) is 16.4. The van der Waals surface area contributed by atoms with E-state index >= 15 is 0 Å². The summed E-state index contributed by atoms with van der Waals surface area (Å²) in [6.45, 7) is 4.69. The van der Waals surface area contributed by atoms with Crippen molar-refractivity contribution in [3.63, 3.8) is 0 Å². The highest BCUT2D eigenvalue weighted by Crippen LogP contribution is 2.36. The van der Waals surface area contributed by atoms with Crippen LogP contribution in [-0.4, -0.2) is 54.2 Å². The molecule has 0 bridgehead atoms. The van der Waals surface area contributed by atoms with Gasteiger partial charge >= 0.3 is 12.1 Å². The lowest BCUT2D eigenvalue weighted by atomic mass is 9.92. The van der Waals surface area contributed by atoms with Gasteiger partial charge in [0.25, 0.3) is 0 Å². The molecule has 1 saturated heterocycles. The lowest BCUT2D eigenvalue weighted by Crippen LogP contribution is -2.55. The number of alkyl halides is 1. The molecule has 1 rings (SSSR count). The number of carbonyl (C=O) groups is 3. The number of nitrogens with zero attached hydrogens (tertiary/aromatic N) is 1. The third kappa shape index (κ3) is 3.26. The van der Waals surface area contributed by atoms with Crippen LogP contribution >= 0.6 is 0 Å². The maximum absolute atomic E-state index is 13.7. The molecule has 20 heavy (non-hydrogen) atoms. The second kappa shape index (κ2) is 5.76. The van der Waals surface area contributed by atoms with Crippen molar-refractivity contribution in [2.24, 2.45) is 0 Å². The molecule has 0 saturated carbocycles. The summed E-state index contributed by atoms with van der Waals surface area (Å²) in [6.07, 6.45) is -2.34. The van der Waals surface area contributed by atoms with Gasteiger partial charge in [-0.25, -0.2) is 14.0 Å². The van der Waals surface area contributed by atoms with Crippen molar-refractivity contribution in [3.8, 4) is 0 Å². The van der Waals surface area contributed by atoms with Crippen LogP contribution in [-0.2, 0) is 19.1 Å². The molecule has 6 nitrogen and oxygen atoms in total. The molecule has 0 N–H and O–H groups in total. The number of amides is 1. The molecule has 1 amide bonds. The summed E-state index contributed by atoms with van der Waals surface area (Å²) in [4.78, 5) is 35.9. The zero-order chi connectivity index (χ0) is 15.6. The fourth-order valence-electron chi connectivity index (χ4n) is 2.28. The van der Waals surface area contributed by atoms with Crippen molar-refractivity contribution in [3.05, 3.63) is 0 Å². The van der Waals surface area contributed by atoms with E-state index in [0.29, 0.717) is 6.29 Å². The number of rotatable bonds is 3. The van der Waals surface area contributed by atoms with E-state index in [1.165, 1.54) is 0 Å². The Balaban J connectivity index is 3.09. The summed E-state index contributed by atoms with van der Waals surface area (Å²) < 4.78 is 23.5. The van der Waals surface area contributed by atoms with Crippen LogP contribution < -0.4 is 0 Å². The largest absolute Gasteiger partial charge is 0.467 e. The van der Waals surface area contributed by atoms with Gasteiger partial charge in [0.2, 0.25) is 0 Å². The Morgan fingerprint density at radius 3 is 2.50 bits per heavy atom. The monoisotopic (exact) mass is 289 g/mol. The summed E-state index contributed by atoms with van der Waals surface area (Å²) in [5.74, 6) is -0.810. The lowest BCUT2D eigenvalue weighted by Gasteiger charge is -2.35. The van der Waals surface area contributed by atoms with Crippen molar-refractivity contribution in [1.29, 1.82) is 0 Å². The van der Waals surface area contributed by atoms with Crippen LogP contribution in [0.4, 0.5) is 9.18 Å². The van der Waals surface area contributed by atoms with E-state index in [0.717, 1.165) is 12.0 Å². The van der Waals surface area contributed by atoms with Gasteiger partial charge in [0.15, 0.2) is 5.54 Å². The minimum Gasteiger partial charge on any atom is -0.467 e. The molecule has 0 radical (unpaired) electrons. The Bertz CT molecular complexity index is 406. The van der Waals surface area contributed by atoms with Crippen molar-refractivity contribution in [2.75, 3.05) is 13.7 Å². The van der Waals surface area contributed by atoms with E-state index in [1.807, 2.05) is 0 Å². The predicted octanol–water partition coefficient (Wildman–Crippen LogP) is 1.47. The van der Waals surface area contributed by atoms with Crippen LogP contribution in [0.25, 0.3) is 0 Å². The number of methoxy groups -OCH3 is 1. The molecule has 0 aromatic heterocycles. The zero-order valence-electron chi connectivity index (χ0n) is 12.1. The van der Waals surface area contributed by atoms with Crippen LogP contribution in [0.15, 0.2) is 0 Å². The van der Waals surface area contributed by atoms with Gasteiger partial charge in [-0.3, -0.25) is 4.90 Å². The highest BCUT2D eigenvalue weighted by molar-refractivity contribution is 5.89. The van der Waals surface area contributed by atoms with Crippen LogP contribution in [0, 0.1) is 0 Å². The Labute approximate surface area is 117 Å². The summed E-state index contributed by atoms with van der Waals surface area (Å²) >= 11 is 0. The number of likely N-dealkylation sites (tertiary alicyclic amines) is 1. The summed E-state index contributed by atoms with van der Waals surface area (Å²) in [6, 6.07) is 0. The average Bonchev–Trinajstić information content (AvgIpc) is 2.65. The van der Waals surface area contributed by atoms with Crippen molar-refractivity contribution in [1.82, 2.24) is 4.90 Å². The van der Waals surface area contributed by atoms with E-state index in [4.69, 9.17) is 4.74 Å². The van der Waals surface area contributed by atoms with E-state index < -0.39 is 29.4 Å². The Morgan fingerprint density at radius 1 is 1.45 bits per heavy atom. The number of halogens is 1. The number of esters is 1. The number of aldehydes is 1. The van der Waals surface area contributed by atoms with E-state index in [9.17, 15) is 18.8 Å². The standard InChI is InChI=1S/C13H20FNO5/c1-12(2,3)20-11(18)15-8-9(14)7-13(15,5-6-16)10(17)19-4/h6,9H,5,7-8H2,1-4H3/t9-,13?/m0/s1. The predicted molar refractivity (Wildman–Crippen MR) is 67.9 cm³/mol. The van der Waals surface area contributed by atoms with Gasteiger partial charge in [-0.05, 0) is 20.8 Å². The molecule has 0 aromatic carbocycles. The molecule has 1 unspecified atom stereocenters. The highest BCUT2D eigenvalue weighted by Gasteiger charge is 2.55. The second-order valence-electron chi connectivity index (χ2n) is 5.79. The topological polar surface area (TPSA) is 72.9 Å². The van der Waals surface area contributed by atoms with Gasteiger partial charge in [-0.2, -0.15) is 0 Å². The lowest BCUT2D eigenvalue weighted by molar-refractivity contribution is -0.154. The number of ether oxygens (including phenoxy) is 2. The van der Waals surface area contributed by atoms with E-state index in [1.54, 1.807) is 20.8 Å². The second-order valence-corrected chi connectivity index (χ2v) is 5.79. The minimum atomic E-state index is -1.61. The number of hydrogen-bond acceptors (Lipinski definition) is 5. The van der Waals surface area contributed by atoms with E-state index in [2.05, 4.69) is 4.74 Å². The number of hydrogen-bond donors (Lipinski definition) is 0. The smallest absolute Gasteiger partial charge is 0.411 e. The Hall–Kier alpha value is -1.66. The Kier molecular flexibility index (Phi) is 4.73. The fourth-order valence-corrected chi connectivity index (χ4v) is 2.28. The quantitative estimate of drug-likeness (QED) is 0.581. The van der Waals surface area contributed by atoms with Gasteiger partial charge in [-0.15, -0.1) is 0 Å². The average molecular weight is 289 g/mol. The number of carbonyl (C=O) groups excluding carboxylic acids is 3.